The normalized spacial score (nSPS) is 47.6. The molecule has 0 aromatic heterocycles. The molecule has 0 aliphatic heterocycles. The lowest BCUT2D eigenvalue weighted by atomic mass is 9.50. The second-order valence-electron chi connectivity index (χ2n) is 22.8. The van der Waals surface area contributed by atoms with E-state index in [9.17, 15) is 10.5 Å². The van der Waals surface area contributed by atoms with Crippen LogP contribution in [0.2, 0.25) is 0 Å². The van der Waals surface area contributed by atoms with Crippen LogP contribution in [-0.2, 0) is 0 Å². The van der Waals surface area contributed by atoms with Crippen LogP contribution < -0.4 is 9.47 Å². The van der Waals surface area contributed by atoms with Crippen molar-refractivity contribution in [3.63, 3.8) is 0 Å². The number of benzene rings is 4. The van der Waals surface area contributed by atoms with Crippen LogP contribution in [-0.4, -0.2) is 14.2 Å². The fourth-order valence-electron chi connectivity index (χ4n) is 22.6. The second kappa shape index (κ2) is 11.3. The molecule has 4 heteroatoms. The van der Waals surface area contributed by atoms with Crippen molar-refractivity contribution in [2.24, 2.45) is 118 Å². The number of ether oxygens (including phenoxy) is 2. The third-order valence-corrected chi connectivity index (χ3v) is 22.5. The molecule has 16 rings (SSSR count). The third kappa shape index (κ3) is 3.61. The number of fused-ring (bicyclic) bond motifs is 41. The molecule has 0 saturated heterocycles. The van der Waals surface area contributed by atoms with E-state index >= 15 is 0 Å². The number of rotatable bonds is 4. The molecule has 12 aliphatic carbocycles. The molecule has 4 nitrogen and oxygen atoms in total. The lowest BCUT2D eigenvalue weighted by molar-refractivity contribution is -0.0719. The minimum atomic E-state index is 0.507. The van der Waals surface area contributed by atoms with Gasteiger partial charge in [0.25, 0.3) is 0 Å². The Labute approximate surface area is 359 Å². The summed E-state index contributed by atoms with van der Waals surface area (Å²) in [5.74, 6) is 20.6. The van der Waals surface area contributed by atoms with Crippen LogP contribution in [0.1, 0.15) is 67.9 Å². The zero-order valence-corrected chi connectivity index (χ0v) is 35.3. The standard InChI is InChI=1S/C57H54N2O2/c1-60-39-15-16-40(61-2)57-43(25-11-7-4-8-12-25)55-38-21-37(54(55)42(56(39)57)24-9-5-3-6-10-24)52-35-20-36(53(38)52)51-34-19-33(50(35)51)48-31-18-32(49(34)48)47-30-17-29(46(31)47)44-27-13-14-28(45(30)44)41(27)26(22-58)23-59/h3-12,15-16,27-38,44-53H,13-14,17-21H2,1-2H3/t27-,28+,29-,30+,31+,32-,33-,34+,35+,36-,37-,38+,44+,45-,46-,47+,48?,49?,50?,51?,52-,53+. The fourth-order valence-corrected chi connectivity index (χ4v) is 22.6. The van der Waals surface area contributed by atoms with Crippen molar-refractivity contribution < 1.29 is 9.47 Å². The van der Waals surface area contributed by atoms with E-state index in [1.807, 2.05) is 14.2 Å². The maximum Gasteiger partial charge on any atom is 0.129 e. The van der Waals surface area contributed by atoms with Gasteiger partial charge in [0.15, 0.2) is 0 Å². The van der Waals surface area contributed by atoms with Gasteiger partial charge in [0.2, 0.25) is 0 Å². The minimum Gasteiger partial charge on any atom is -0.496 e. The minimum absolute atomic E-state index is 0.507. The molecule has 0 spiro atoms. The number of methoxy groups -OCH3 is 2. The molecule has 0 radical (unpaired) electrons. The van der Waals surface area contributed by atoms with E-state index in [1.165, 1.54) is 70.7 Å². The maximum atomic E-state index is 10.0. The van der Waals surface area contributed by atoms with Crippen molar-refractivity contribution in [3.05, 3.63) is 95.1 Å². The van der Waals surface area contributed by atoms with E-state index in [1.54, 1.807) is 24.0 Å². The largest absolute Gasteiger partial charge is 0.496 e. The molecule has 304 valence electrons. The van der Waals surface area contributed by atoms with Crippen molar-refractivity contribution in [1.29, 1.82) is 10.5 Å². The maximum absolute atomic E-state index is 10.0. The van der Waals surface area contributed by atoms with Gasteiger partial charge in [-0.1, -0.05) is 60.7 Å². The van der Waals surface area contributed by atoms with Gasteiger partial charge in [0, 0.05) is 10.8 Å². The average molecular weight is 799 g/mol. The quantitative estimate of drug-likeness (QED) is 0.152. The summed E-state index contributed by atoms with van der Waals surface area (Å²) in [7, 11) is 3.70. The van der Waals surface area contributed by atoms with Gasteiger partial charge >= 0.3 is 0 Å². The number of hydrogen-bond acceptors (Lipinski definition) is 4. The van der Waals surface area contributed by atoms with Crippen LogP contribution in [0, 0.1) is 141 Å². The van der Waals surface area contributed by atoms with Gasteiger partial charge in [-0.05, 0) is 226 Å². The molecular formula is C57H54N2O2. The Bertz CT molecular complexity index is 2580. The highest BCUT2D eigenvalue weighted by Gasteiger charge is 2.81. The zero-order chi connectivity index (χ0) is 39.9. The Kier molecular flexibility index (Phi) is 6.32. The summed E-state index contributed by atoms with van der Waals surface area (Å²) in [6.45, 7) is 0. The highest BCUT2D eigenvalue weighted by molar-refractivity contribution is 6.14. The Morgan fingerprint density at radius 2 is 0.787 bits per heavy atom. The van der Waals surface area contributed by atoms with E-state index in [0.717, 1.165) is 118 Å². The van der Waals surface area contributed by atoms with Crippen LogP contribution in [0.15, 0.2) is 83.9 Å². The first kappa shape index (κ1) is 34.0. The number of allylic oxidation sites excluding steroid dienone is 2. The number of hydrogen-bond donors (Lipinski definition) is 0. The van der Waals surface area contributed by atoms with Crippen LogP contribution in [0.3, 0.4) is 0 Å². The van der Waals surface area contributed by atoms with Gasteiger partial charge in [-0.25, -0.2) is 0 Å². The number of nitriles is 2. The Hall–Kier alpha value is -4.54. The summed E-state index contributed by atoms with van der Waals surface area (Å²) < 4.78 is 12.7. The Morgan fingerprint density at radius 3 is 1.13 bits per heavy atom. The van der Waals surface area contributed by atoms with E-state index in [-0.39, 0.29) is 0 Å². The van der Waals surface area contributed by atoms with Gasteiger partial charge in [0.05, 0.1) is 14.2 Å². The predicted molar refractivity (Wildman–Crippen MR) is 234 cm³/mol. The van der Waals surface area contributed by atoms with Gasteiger partial charge in [-0.15, -0.1) is 0 Å². The van der Waals surface area contributed by atoms with Crippen molar-refractivity contribution in [1.82, 2.24) is 0 Å². The SMILES string of the molecule is COc1ccc(OC)c2c(-c3ccccc3)c3c(c(-c4ccccc4)c12)[C@H]1C[C@@H]3[C@@H]2[C@H]1[C@@H]1C[C@H]2C2C1[C@H]1C[C@@H]2C2C1[C@@H]1C[C@H]2[C@H]2[C@@H]3C[C@@H]([C@@H]4[C@H]3[C@@H]3CC[C@H]4C3=C(C#N)C#N)[C@H]21. The first-order valence-electron chi connectivity index (χ1n) is 24.5. The molecular weight excluding hydrogens is 745 g/mol. The van der Waals surface area contributed by atoms with E-state index in [0.29, 0.717) is 29.2 Å². The van der Waals surface area contributed by atoms with Crippen molar-refractivity contribution >= 4 is 10.8 Å². The van der Waals surface area contributed by atoms with E-state index < -0.39 is 0 Å². The molecule has 0 heterocycles. The monoisotopic (exact) mass is 798 g/mol. The Balaban J connectivity index is 0.817. The van der Waals surface area contributed by atoms with Gasteiger partial charge in [0.1, 0.15) is 29.2 Å². The highest BCUT2D eigenvalue weighted by atomic mass is 16.5. The third-order valence-electron chi connectivity index (χ3n) is 22.5. The lowest BCUT2D eigenvalue weighted by Crippen LogP contribution is -2.51. The summed E-state index contributed by atoms with van der Waals surface area (Å²) in [4.78, 5) is 0. The molecule has 0 N–H and O–H groups in total. The lowest BCUT2D eigenvalue weighted by Gasteiger charge is -2.55. The average Bonchev–Trinajstić information content (AvgIpc) is 4.14. The summed E-state index contributed by atoms with van der Waals surface area (Å²) in [5.41, 5.74) is 10.7. The predicted octanol–water partition coefficient (Wildman–Crippen LogP) is 11.9. The zero-order valence-electron chi connectivity index (χ0n) is 35.3. The molecule has 4 aromatic carbocycles. The van der Waals surface area contributed by atoms with Crippen LogP contribution in [0.25, 0.3) is 33.0 Å². The van der Waals surface area contributed by atoms with E-state index in [2.05, 4.69) is 84.9 Å². The topological polar surface area (TPSA) is 66.0 Å². The molecule has 12 aliphatic rings. The highest BCUT2D eigenvalue weighted by Crippen LogP contribution is 2.87. The first-order valence-corrected chi connectivity index (χ1v) is 24.5. The Morgan fingerprint density at radius 1 is 0.443 bits per heavy atom. The molecule has 22 atom stereocenters. The van der Waals surface area contributed by atoms with Crippen molar-refractivity contribution in [3.8, 4) is 45.9 Å². The smallest absolute Gasteiger partial charge is 0.129 e. The van der Waals surface area contributed by atoms with Crippen molar-refractivity contribution in [2.75, 3.05) is 14.2 Å². The summed E-state index contributed by atoms with van der Waals surface area (Å²) in [5, 5.41) is 22.6. The van der Waals surface area contributed by atoms with E-state index in [4.69, 9.17) is 9.47 Å². The van der Waals surface area contributed by atoms with Gasteiger partial charge in [-0.3, -0.25) is 0 Å². The van der Waals surface area contributed by atoms with Gasteiger partial charge < -0.3 is 9.47 Å². The summed E-state index contributed by atoms with van der Waals surface area (Å²) >= 11 is 0. The van der Waals surface area contributed by atoms with Crippen LogP contribution in [0.4, 0.5) is 0 Å². The fraction of sp³-hybridized carbons (Fsp3) is 0.544. The summed E-state index contributed by atoms with van der Waals surface area (Å²) in [6.07, 6.45) is 9.91. The summed E-state index contributed by atoms with van der Waals surface area (Å²) in [6, 6.07) is 31.7. The molecule has 61 heavy (non-hydrogen) atoms. The van der Waals surface area contributed by atoms with Crippen LogP contribution >= 0.6 is 0 Å². The molecule has 11 saturated carbocycles. The first-order chi connectivity index (χ1) is 30.1. The number of nitrogens with zero attached hydrogens (tertiary/aromatic N) is 2. The van der Waals surface area contributed by atoms with Crippen LogP contribution in [0.5, 0.6) is 11.5 Å². The molecule has 4 unspecified atom stereocenters. The van der Waals surface area contributed by atoms with Gasteiger partial charge in [-0.2, -0.15) is 10.5 Å². The van der Waals surface area contributed by atoms with Crippen molar-refractivity contribution in [2.45, 2.75) is 56.8 Å². The molecule has 12 bridgehead atoms. The molecule has 11 fully saturated rings. The molecule has 4 aromatic rings. The second-order valence-corrected chi connectivity index (χ2v) is 22.8. The molecule has 0 amide bonds.